The van der Waals surface area contributed by atoms with Crippen molar-refractivity contribution in [3.8, 4) is 5.75 Å². The fourth-order valence-electron chi connectivity index (χ4n) is 2.08. The Morgan fingerprint density at radius 2 is 1.79 bits per heavy atom. The van der Waals surface area contributed by atoms with Crippen LogP contribution in [-0.2, 0) is 4.74 Å². The largest absolute Gasteiger partial charge is 0.477 e. The number of nitrogens with zero attached hydrogens (tertiary/aromatic N) is 1. The fraction of sp³-hybridized carbons (Fsp3) is 0.222. The molecule has 0 unspecified atom stereocenters. The van der Waals surface area contributed by atoms with Crippen LogP contribution in [0.15, 0.2) is 47.5 Å². The number of carbonyl (C=O) groups excluding carboxylic acids is 1. The zero-order chi connectivity index (χ0) is 21.6. The van der Waals surface area contributed by atoms with E-state index >= 15 is 0 Å². The van der Waals surface area contributed by atoms with Gasteiger partial charge in [0.1, 0.15) is 5.75 Å². The van der Waals surface area contributed by atoms with Gasteiger partial charge >= 0.3 is 12.1 Å². The number of halogens is 6. The third kappa shape index (κ3) is 6.60. The first-order valence-electron chi connectivity index (χ1n) is 8.06. The van der Waals surface area contributed by atoms with Crippen LogP contribution in [0.4, 0.5) is 19.3 Å². The normalized spacial score (nSPS) is 12.1. The van der Waals surface area contributed by atoms with Gasteiger partial charge in [0, 0.05) is 11.8 Å². The Kier molecular flexibility index (Phi) is 8.34. The summed E-state index contributed by atoms with van der Waals surface area (Å²) in [7, 11) is 0. The van der Waals surface area contributed by atoms with Crippen LogP contribution in [-0.4, -0.2) is 29.5 Å². The van der Waals surface area contributed by atoms with Gasteiger partial charge < -0.3 is 14.8 Å². The van der Waals surface area contributed by atoms with Crippen molar-refractivity contribution in [3.05, 3.63) is 58.1 Å². The van der Waals surface area contributed by atoms with E-state index in [2.05, 4.69) is 15.0 Å². The highest BCUT2D eigenvalue weighted by Gasteiger charge is 2.40. The molecule has 0 saturated carbocycles. The molecule has 0 aliphatic rings. The molecule has 2 aromatic carbocycles. The molecule has 29 heavy (non-hydrogen) atoms. The van der Waals surface area contributed by atoms with E-state index in [4.69, 9.17) is 51.1 Å². The Bertz CT molecular complexity index is 890. The van der Waals surface area contributed by atoms with Gasteiger partial charge in [-0.1, -0.05) is 58.5 Å². The van der Waals surface area contributed by atoms with Crippen LogP contribution >= 0.6 is 46.4 Å². The van der Waals surface area contributed by atoms with Gasteiger partial charge in [0.15, 0.2) is 0 Å². The highest BCUT2D eigenvalue weighted by atomic mass is 35.5. The van der Waals surface area contributed by atoms with Gasteiger partial charge in [0.05, 0.1) is 22.2 Å². The lowest BCUT2D eigenvalue weighted by molar-refractivity contribution is -0.163. The molecule has 0 aromatic heterocycles. The Labute approximate surface area is 185 Å². The quantitative estimate of drug-likeness (QED) is 0.278. The molecular formula is C18H14Cl4F2N2O3. The summed E-state index contributed by atoms with van der Waals surface area (Å²) in [5.74, 6) is -0.353. The lowest BCUT2D eigenvalue weighted by Gasteiger charge is -2.19. The molecule has 2 rings (SSSR count). The van der Waals surface area contributed by atoms with Crippen molar-refractivity contribution in [2.75, 3.05) is 11.9 Å². The Morgan fingerprint density at radius 3 is 2.38 bits per heavy atom. The van der Waals surface area contributed by atoms with E-state index in [-0.39, 0.29) is 39.6 Å². The number of aliphatic imine (C=N–C) groups is 1. The lowest BCUT2D eigenvalue weighted by atomic mass is 10.2. The molecule has 1 N–H and O–H groups in total. The van der Waals surface area contributed by atoms with Crippen molar-refractivity contribution < 1.29 is 23.0 Å². The van der Waals surface area contributed by atoms with E-state index in [1.165, 1.54) is 18.2 Å². The van der Waals surface area contributed by atoms with E-state index in [0.717, 1.165) is 6.07 Å². The number of ether oxygens (including phenoxy) is 2. The second-order valence-electron chi connectivity index (χ2n) is 5.37. The average molecular weight is 486 g/mol. The van der Waals surface area contributed by atoms with Gasteiger partial charge in [-0.05, 0) is 31.2 Å². The molecule has 0 radical (unpaired) electrons. The van der Waals surface area contributed by atoms with E-state index in [0.29, 0.717) is 0 Å². The summed E-state index contributed by atoms with van der Waals surface area (Å²) in [6.07, 6.45) is -3.81. The number of amides is 2. The maximum atomic E-state index is 13.5. The lowest BCUT2D eigenvalue weighted by Crippen LogP contribution is -2.32. The number of alkyl halides is 4. The first-order valence-corrected chi connectivity index (χ1v) is 9.68. The zero-order valence-corrected chi connectivity index (χ0v) is 17.8. The van der Waals surface area contributed by atoms with Gasteiger partial charge in [0.2, 0.25) is 10.7 Å². The number of benzene rings is 2. The highest BCUT2D eigenvalue weighted by molar-refractivity contribution is 6.44. The molecule has 5 nitrogen and oxygen atoms in total. The molecule has 0 heterocycles. The molecule has 0 saturated heterocycles. The summed E-state index contributed by atoms with van der Waals surface area (Å²) in [6, 6.07) is 9.15. The predicted molar refractivity (Wildman–Crippen MR) is 111 cm³/mol. The number of hydrogen-bond donors (Lipinski definition) is 1. The molecule has 2 amide bonds. The summed E-state index contributed by atoms with van der Waals surface area (Å²) in [5, 5.41) is 2.90. The van der Waals surface area contributed by atoms with Crippen molar-refractivity contribution in [3.63, 3.8) is 0 Å². The number of urea groups is 1. The maximum absolute atomic E-state index is 13.5. The van der Waals surface area contributed by atoms with Crippen LogP contribution in [0.25, 0.3) is 0 Å². The van der Waals surface area contributed by atoms with Crippen molar-refractivity contribution >= 4 is 64.0 Å². The molecule has 2 aromatic rings. The van der Waals surface area contributed by atoms with Crippen LogP contribution in [0.1, 0.15) is 12.5 Å². The monoisotopic (exact) mass is 484 g/mol. The molecule has 0 bridgehead atoms. The van der Waals surface area contributed by atoms with Gasteiger partial charge in [-0.25, -0.2) is 4.79 Å². The average Bonchev–Trinajstić information content (AvgIpc) is 2.61. The predicted octanol–water partition coefficient (Wildman–Crippen LogP) is 6.78. The fourth-order valence-corrected chi connectivity index (χ4v) is 2.73. The van der Waals surface area contributed by atoms with Crippen LogP contribution < -0.4 is 10.1 Å². The molecular weight excluding hydrogens is 472 g/mol. The topological polar surface area (TPSA) is 59.9 Å². The first-order chi connectivity index (χ1) is 13.6. The van der Waals surface area contributed by atoms with Crippen molar-refractivity contribution in [1.82, 2.24) is 0 Å². The third-order valence-electron chi connectivity index (χ3n) is 3.25. The van der Waals surface area contributed by atoms with E-state index in [9.17, 15) is 13.6 Å². The Hall–Kier alpha value is -1.80. The molecule has 156 valence electrons. The molecule has 0 spiro atoms. The first kappa shape index (κ1) is 23.5. The number of anilines is 1. The summed E-state index contributed by atoms with van der Waals surface area (Å²) >= 11 is 22.6. The molecule has 0 fully saturated rings. The third-order valence-corrected chi connectivity index (χ3v) is 4.39. The standard InChI is InChI=1S/C18H14Cl4F2N2O3/c1-2-28-15(14-12(19)7-4-8-13(14)20)26-17(27)25-10-5-3-6-11(9-10)29-18(23,24)16(21)22/h3-9,16H,2H2,1H3,(H,25,27)/b26-15-. The molecule has 0 aliphatic carbocycles. The zero-order valence-electron chi connectivity index (χ0n) is 14.8. The number of carbonyl (C=O) groups is 1. The second-order valence-corrected chi connectivity index (χ2v) is 7.28. The summed E-state index contributed by atoms with van der Waals surface area (Å²) in [5.41, 5.74) is 0.383. The Balaban J connectivity index is 2.23. The maximum Gasteiger partial charge on any atom is 0.428 e. The smallest absolute Gasteiger partial charge is 0.428 e. The SMILES string of the molecule is CCO/C(=N\C(=O)Nc1cccc(OC(F)(F)C(Cl)Cl)c1)c1c(Cl)cccc1Cl. The van der Waals surface area contributed by atoms with Gasteiger partial charge in [-0.3, -0.25) is 0 Å². The van der Waals surface area contributed by atoms with Gasteiger partial charge in [-0.2, -0.15) is 13.8 Å². The Morgan fingerprint density at radius 1 is 1.17 bits per heavy atom. The molecule has 0 aliphatic heterocycles. The van der Waals surface area contributed by atoms with Gasteiger partial charge in [0.25, 0.3) is 0 Å². The van der Waals surface area contributed by atoms with Crippen molar-refractivity contribution in [2.45, 2.75) is 17.9 Å². The van der Waals surface area contributed by atoms with E-state index in [1.807, 2.05) is 0 Å². The number of rotatable bonds is 6. The molecule has 11 heteroatoms. The van der Waals surface area contributed by atoms with Crippen molar-refractivity contribution in [1.29, 1.82) is 0 Å². The summed E-state index contributed by atoms with van der Waals surface area (Å²) in [6.45, 7) is 1.89. The van der Waals surface area contributed by atoms with Crippen LogP contribution in [0.3, 0.4) is 0 Å². The second kappa shape index (κ2) is 10.3. The van der Waals surface area contributed by atoms with Crippen LogP contribution in [0.2, 0.25) is 10.0 Å². The summed E-state index contributed by atoms with van der Waals surface area (Å²) < 4.78 is 36.9. The van der Waals surface area contributed by atoms with Crippen LogP contribution in [0, 0.1) is 0 Å². The van der Waals surface area contributed by atoms with Crippen LogP contribution in [0.5, 0.6) is 5.75 Å². The minimum atomic E-state index is -3.81. The number of hydrogen-bond acceptors (Lipinski definition) is 3. The van der Waals surface area contributed by atoms with Crippen molar-refractivity contribution in [2.24, 2.45) is 4.99 Å². The minimum Gasteiger partial charge on any atom is -0.477 e. The summed E-state index contributed by atoms with van der Waals surface area (Å²) in [4.78, 5) is 14.1. The van der Waals surface area contributed by atoms with E-state index in [1.54, 1.807) is 25.1 Å². The molecule has 0 atom stereocenters. The minimum absolute atomic E-state index is 0.0911. The number of nitrogens with one attached hydrogen (secondary N) is 1. The highest BCUT2D eigenvalue weighted by Crippen LogP contribution is 2.31. The van der Waals surface area contributed by atoms with E-state index < -0.39 is 17.0 Å². The van der Waals surface area contributed by atoms with Gasteiger partial charge in [-0.15, -0.1) is 0 Å².